The Balaban J connectivity index is 1.90. The summed E-state index contributed by atoms with van der Waals surface area (Å²) in [5.74, 6) is 0.759. The number of hydrogen-bond donors (Lipinski definition) is 2. The van der Waals surface area contributed by atoms with Crippen LogP contribution in [-0.4, -0.2) is 15.0 Å². The fourth-order valence-corrected chi connectivity index (χ4v) is 4.02. The third kappa shape index (κ3) is 4.19. The number of sulfonamides is 1. The zero-order chi connectivity index (χ0) is 15.3. The van der Waals surface area contributed by atoms with Gasteiger partial charge in [-0.1, -0.05) is 25.7 Å². The highest BCUT2D eigenvalue weighted by Crippen LogP contribution is 2.28. The Bertz CT molecular complexity index is 629. The Morgan fingerprint density at radius 1 is 1.33 bits per heavy atom. The minimum Gasteiger partial charge on any atom is -0.398 e. The standard InChI is InChI=1S/C15H21N3O2S/c16-11-13-7-8-15(14(17)10-13)21(19,20)18-9-3-6-12-4-1-2-5-12/h7-8,10,12,18H,1-6,9,17H2. The molecule has 0 aliphatic heterocycles. The summed E-state index contributed by atoms with van der Waals surface area (Å²) in [6, 6.07) is 6.16. The van der Waals surface area contributed by atoms with Gasteiger partial charge >= 0.3 is 0 Å². The van der Waals surface area contributed by atoms with Gasteiger partial charge in [0.25, 0.3) is 0 Å². The van der Waals surface area contributed by atoms with Crippen LogP contribution in [-0.2, 0) is 10.0 Å². The Morgan fingerprint density at radius 2 is 2.05 bits per heavy atom. The van der Waals surface area contributed by atoms with Crippen molar-refractivity contribution in [2.45, 2.75) is 43.4 Å². The molecule has 0 heterocycles. The highest BCUT2D eigenvalue weighted by molar-refractivity contribution is 7.89. The SMILES string of the molecule is N#Cc1ccc(S(=O)(=O)NCCCC2CCCC2)c(N)c1. The van der Waals surface area contributed by atoms with Gasteiger partial charge in [-0.3, -0.25) is 0 Å². The van der Waals surface area contributed by atoms with Crippen LogP contribution < -0.4 is 10.5 Å². The second-order valence-electron chi connectivity index (χ2n) is 5.55. The van der Waals surface area contributed by atoms with Gasteiger partial charge in [-0.05, 0) is 37.0 Å². The molecule has 1 aliphatic rings. The molecule has 0 spiro atoms. The van der Waals surface area contributed by atoms with E-state index in [9.17, 15) is 8.42 Å². The number of nitrogens with zero attached hydrogens (tertiary/aromatic N) is 1. The van der Waals surface area contributed by atoms with Gasteiger partial charge in [0.05, 0.1) is 17.3 Å². The highest BCUT2D eigenvalue weighted by atomic mass is 32.2. The van der Waals surface area contributed by atoms with E-state index in [4.69, 9.17) is 11.0 Å². The van der Waals surface area contributed by atoms with Crippen molar-refractivity contribution in [1.29, 1.82) is 5.26 Å². The predicted molar refractivity (Wildman–Crippen MR) is 81.9 cm³/mol. The molecule has 2 rings (SSSR count). The van der Waals surface area contributed by atoms with Crippen LogP contribution in [0.1, 0.15) is 44.1 Å². The third-order valence-electron chi connectivity index (χ3n) is 3.98. The number of benzene rings is 1. The van der Waals surface area contributed by atoms with E-state index in [2.05, 4.69) is 4.72 Å². The first-order valence-electron chi connectivity index (χ1n) is 7.32. The van der Waals surface area contributed by atoms with E-state index < -0.39 is 10.0 Å². The second kappa shape index (κ2) is 6.92. The smallest absolute Gasteiger partial charge is 0.242 e. The summed E-state index contributed by atoms with van der Waals surface area (Å²) in [5.41, 5.74) is 6.18. The van der Waals surface area contributed by atoms with Crippen molar-refractivity contribution >= 4 is 15.7 Å². The van der Waals surface area contributed by atoms with Crippen molar-refractivity contribution in [3.8, 4) is 6.07 Å². The van der Waals surface area contributed by atoms with Crippen molar-refractivity contribution in [3.05, 3.63) is 23.8 Å². The normalized spacial score (nSPS) is 16.0. The number of rotatable bonds is 6. The van der Waals surface area contributed by atoms with Crippen LogP contribution in [0.3, 0.4) is 0 Å². The lowest BCUT2D eigenvalue weighted by Crippen LogP contribution is -2.26. The molecule has 1 aromatic rings. The first-order valence-corrected chi connectivity index (χ1v) is 8.80. The highest BCUT2D eigenvalue weighted by Gasteiger charge is 2.18. The molecule has 1 fully saturated rings. The van der Waals surface area contributed by atoms with Crippen LogP contribution in [0.4, 0.5) is 5.69 Å². The zero-order valence-electron chi connectivity index (χ0n) is 12.0. The third-order valence-corrected chi connectivity index (χ3v) is 5.52. The Morgan fingerprint density at radius 3 is 2.67 bits per heavy atom. The maximum atomic E-state index is 12.2. The van der Waals surface area contributed by atoms with Gasteiger partial charge in [-0.15, -0.1) is 0 Å². The van der Waals surface area contributed by atoms with E-state index in [-0.39, 0.29) is 10.6 Å². The van der Waals surface area contributed by atoms with Crippen molar-refractivity contribution in [1.82, 2.24) is 4.72 Å². The molecule has 0 saturated heterocycles. The molecule has 114 valence electrons. The molecule has 1 saturated carbocycles. The Hall–Kier alpha value is -1.58. The minimum absolute atomic E-state index is 0.0439. The van der Waals surface area contributed by atoms with Gasteiger partial charge in [0, 0.05) is 6.54 Å². The minimum atomic E-state index is -3.60. The Labute approximate surface area is 126 Å². The van der Waals surface area contributed by atoms with Crippen LogP contribution in [0, 0.1) is 17.2 Å². The summed E-state index contributed by atoms with van der Waals surface area (Å²) in [6.07, 6.45) is 7.08. The zero-order valence-corrected chi connectivity index (χ0v) is 12.8. The summed E-state index contributed by atoms with van der Waals surface area (Å²) in [6.45, 7) is 0.429. The van der Waals surface area contributed by atoms with Crippen LogP contribution >= 0.6 is 0 Å². The molecule has 0 amide bonds. The van der Waals surface area contributed by atoms with Gasteiger partial charge < -0.3 is 5.73 Å². The summed E-state index contributed by atoms with van der Waals surface area (Å²) >= 11 is 0. The lowest BCUT2D eigenvalue weighted by molar-refractivity contribution is 0.480. The van der Waals surface area contributed by atoms with Crippen molar-refractivity contribution in [3.63, 3.8) is 0 Å². The lowest BCUT2D eigenvalue weighted by atomic mass is 10.0. The van der Waals surface area contributed by atoms with Gasteiger partial charge in [-0.2, -0.15) is 5.26 Å². The van der Waals surface area contributed by atoms with Crippen LogP contribution in [0.2, 0.25) is 0 Å². The van der Waals surface area contributed by atoms with Gasteiger partial charge in [0.1, 0.15) is 4.90 Å². The average molecular weight is 307 g/mol. The monoisotopic (exact) mass is 307 g/mol. The van der Waals surface area contributed by atoms with E-state index in [1.54, 1.807) is 0 Å². The number of nitrogens with one attached hydrogen (secondary N) is 1. The molecular weight excluding hydrogens is 286 g/mol. The summed E-state index contributed by atoms with van der Waals surface area (Å²) in [4.78, 5) is 0.0439. The molecule has 1 aliphatic carbocycles. The van der Waals surface area contributed by atoms with E-state index >= 15 is 0 Å². The van der Waals surface area contributed by atoms with Crippen LogP contribution in [0.25, 0.3) is 0 Å². The predicted octanol–water partition coefficient (Wildman–Crippen LogP) is 2.39. The molecule has 5 nitrogen and oxygen atoms in total. The van der Waals surface area contributed by atoms with E-state index in [1.165, 1.54) is 43.9 Å². The first-order chi connectivity index (χ1) is 10.0. The molecule has 0 bridgehead atoms. The molecule has 0 aromatic heterocycles. The number of nitrogens with two attached hydrogens (primary N) is 1. The van der Waals surface area contributed by atoms with Crippen molar-refractivity contribution < 1.29 is 8.42 Å². The van der Waals surface area contributed by atoms with Crippen LogP contribution in [0.15, 0.2) is 23.1 Å². The average Bonchev–Trinajstić information content (AvgIpc) is 2.96. The second-order valence-corrected chi connectivity index (χ2v) is 7.29. The van der Waals surface area contributed by atoms with E-state index in [0.29, 0.717) is 12.1 Å². The molecule has 0 atom stereocenters. The molecule has 1 aromatic carbocycles. The van der Waals surface area contributed by atoms with Gasteiger partial charge in [0.2, 0.25) is 10.0 Å². The number of anilines is 1. The summed E-state index contributed by atoms with van der Waals surface area (Å²) in [5, 5.41) is 8.76. The summed E-state index contributed by atoms with van der Waals surface area (Å²) < 4.78 is 26.9. The molecule has 21 heavy (non-hydrogen) atoms. The van der Waals surface area contributed by atoms with Gasteiger partial charge in [-0.25, -0.2) is 13.1 Å². The fraction of sp³-hybridized carbons (Fsp3) is 0.533. The Kier molecular flexibility index (Phi) is 5.21. The number of nitriles is 1. The van der Waals surface area contributed by atoms with E-state index in [0.717, 1.165) is 18.8 Å². The van der Waals surface area contributed by atoms with Crippen molar-refractivity contribution in [2.24, 2.45) is 5.92 Å². The van der Waals surface area contributed by atoms with Crippen LogP contribution in [0.5, 0.6) is 0 Å². The molecule has 6 heteroatoms. The molecular formula is C15H21N3O2S. The molecule has 3 N–H and O–H groups in total. The first kappa shape index (κ1) is 15.8. The molecule has 0 radical (unpaired) electrons. The quantitative estimate of drug-likeness (QED) is 0.623. The number of hydrogen-bond acceptors (Lipinski definition) is 4. The lowest BCUT2D eigenvalue weighted by Gasteiger charge is -2.11. The maximum Gasteiger partial charge on any atom is 0.242 e. The number of nitrogen functional groups attached to an aromatic ring is 1. The van der Waals surface area contributed by atoms with Gasteiger partial charge in [0.15, 0.2) is 0 Å². The van der Waals surface area contributed by atoms with Crippen molar-refractivity contribution in [2.75, 3.05) is 12.3 Å². The molecule has 0 unspecified atom stereocenters. The topological polar surface area (TPSA) is 96.0 Å². The maximum absolute atomic E-state index is 12.2. The summed E-state index contributed by atoms with van der Waals surface area (Å²) in [7, 11) is -3.60. The fourth-order valence-electron chi connectivity index (χ4n) is 2.84. The largest absolute Gasteiger partial charge is 0.398 e. The van der Waals surface area contributed by atoms with E-state index in [1.807, 2.05) is 6.07 Å².